The van der Waals surface area contributed by atoms with Gasteiger partial charge in [0.05, 0.1) is 34.3 Å². The lowest BCUT2D eigenvalue weighted by molar-refractivity contribution is 0.0728. The highest BCUT2D eigenvalue weighted by Gasteiger charge is 2.16. The highest BCUT2D eigenvalue weighted by atomic mass is 35.5. The maximum Gasteiger partial charge on any atom is 0.343 e. The molecule has 0 aliphatic rings. The van der Waals surface area contributed by atoms with Crippen molar-refractivity contribution in [2.45, 2.75) is 6.92 Å². The number of para-hydroxylation sites is 1. The highest BCUT2D eigenvalue weighted by Crippen LogP contribution is 2.31. The molecule has 0 atom stereocenters. The Morgan fingerprint density at radius 3 is 2.42 bits per heavy atom. The fourth-order valence-electron chi connectivity index (χ4n) is 3.90. The fourth-order valence-corrected chi connectivity index (χ4v) is 4.52. The third kappa shape index (κ3) is 5.87. The molecule has 5 aromatic rings. The van der Waals surface area contributed by atoms with Gasteiger partial charge in [-0.2, -0.15) is 9.78 Å². The summed E-state index contributed by atoms with van der Waals surface area (Å²) in [4.78, 5) is 30.8. The van der Waals surface area contributed by atoms with Gasteiger partial charge in [-0.05, 0) is 85.3 Å². The molecule has 0 spiro atoms. The van der Waals surface area contributed by atoms with Crippen molar-refractivity contribution >= 4 is 57.9 Å². The molecule has 0 radical (unpaired) electrons. The van der Waals surface area contributed by atoms with Crippen molar-refractivity contribution in [3.8, 4) is 22.9 Å². The van der Waals surface area contributed by atoms with E-state index in [2.05, 4.69) is 10.1 Å². The maximum absolute atomic E-state index is 13.5. The minimum absolute atomic E-state index is 0.233. The molecule has 0 saturated carbocycles. The molecule has 0 bridgehead atoms. The molecule has 0 saturated heterocycles. The minimum Gasteiger partial charge on any atom is -0.490 e. The summed E-state index contributed by atoms with van der Waals surface area (Å²) in [6.07, 6.45) is 1.48. The van der Waals surface area contributed by atoms with Gasteiger partial charge < -0.3 is 9.47 Å². The van der Waals surface area contributed by atoms with Crippen molar-refractivity contribution in [2.75, 3.05) is 6.61 Å². The van der Waals surface area contributed by atoms with E-state index in [0.717, 1.165) is 0 Å². The van der Waals surface area contributed by atoms with Crippen LogP contribution in [0.5, 0.6) is 11.5 Å². The molecule has 1 heterocycles. The molecule has 0 aliphatic carbocycles. The molecule has 5 rings (SSSR count). The summed E-state index contributed by atoms with van der Waals surface area (Å²) in [7, 11) is 0. The third-order valence-corrected chi connectivity index (χ3v) is 6.60. The van der Waals surface area contributed by atoms with Gasteiger partial charge in [0.2, 0.25) is 0 Å². The molecule has 200 valence electrons. The summed E-state index contributed by atoms with van der Waals surface area (Å²) in [5.41, 5.74) is 1.55. The van der Waals surface area contributed by atoms with Crippen molar-refractivity contribution in [1.82, 2.24) is 9.66 Å². The van der Waals surface area contributed by atoms with E-state index in [0.29, 0.717) is 55.0 Å². The number of carbonyl (C=O) groups excluding carboxylic acids is 1. The Bertz CT molecular complexity index is 1820. The summed E-state index contributed by atoms with van der Waals surface area (Å²) in [6, 6.07) is 23.2. The number of esters is 1. The van der Waals surface area contributed by atoms with E-state index in [4.69, 9.17) is 44.3 Å². The predicted octanol–water partition coefficient (Wildman–Crippen LogP) is 7.52. The lowest BCUT2D eigenvalue weighted by Gasteiger charge is -2.12. The van der Waals surface area contributed by atoms with Gasteiger partial charge in [-0.25, -0.2) is 9.78 Å². The van der Waals surface area contributed by atoms with Crippen LogP contribution in [0.4, 0.5) is 0 Å². The van der Waals surface area contributed by atoms with Crippen LogP contribution in [-0.2, 0) is 0 Å². The number of fused-ring (bicyclic) bond motifs is 1. The molecular formula is C30H20Cl3N3O4. The second-order valence-corrected chi connectivity index (χ2v) is 9.75. The summed E-state index contributed by atoms with van der Waals surface area (Å²) in [6.45, 7) is 2.15. The Labute approximate surface area is 244 Å². The Hall–Kier alpha value is -4.17. The number of aromatic nitrogens is 2. The van der Waals surface area contributed by atoms with Crippen LogP contribution >= 0.6 is 34.8 Å². The summed E-state index contributed by atoms with van der Waals surface area (Å²) in [5, 5.41) is 6.15. The van der Waals surface area contributed by atoms with Crippen LogP contribution in [-0.4, -0.2) is 28.5 Å². The molecule has 40 heavy (non-hydrogen) atoms. The fraction of sp³-hybridized carbons (Fsp3) is 0.0667. The van der Waals surface area contributed by atoms with Gasteiger partial charge in [0.1, 0.15) is 0 Å². The monoisotopic (exact) mass is 591 g/mol. The SMILES string of the molecule is CCOc1cc(C=Nn2c(-c3ccc(Cl)cc3Cl)nc3ccccc3c2=O)ccc1OC(=O)c1ccc(Cl)cc1. The number of carbonyl (C=O) groups is 1. The standard InChI is InChI=1S/C30H20Cl3N3O4/c1-2-39-27-15-18(7-14-26(27)40-30(38)19-8-10-20(31)11-9-19)17-34-36-28(22-13-12-21(32)16-24(22)33)35-25-6-4-3-5-23(25)29(36)37/h3-17H,2H2,1H3. The second-order valence-electron chi connectivity index (χ2n) is 8.47. The molecule has 0 unspecified atom stereocenters. The van der Waals surface area contributed by atoms with Gasteiger partial charge in [-0.1, -0.05) is 46.9 Å². The van der Waals surface area contributed by atoms with Gasteiger partial charge in [0, 0.05) is 15.6 Å². The van der Waals surface area contributed by atoms with Crippen LogP contribution in [0.25, 0.3) is 22.3 Å². The van der Waals surface area contributed by atoms with Crippen LogP contribution in [0, 0.1) is 0 Å². The molecule has 0 amide bonds. The molecular weight excluding hydrogens is 573 g/mol. The van der Waals surface area contributed by atoms with Crippen LogP contribution in [0.2, 0.25) is 15.1 Å². The normalized spacial score (nSPS) is 11.2. The summed E-state index contributed by atoms with van der Waals surface area (Å²) in [5.74, 6) is 0.258. The average molecular weight is 593 g/mol. The molecule has 0 N–H and O–H groups in total. The average Bonchev–Trinajstić information content (AvgIpc) is 2.94. The van der Waals surface area contributed by atoms with E-state index in [1.807, 2.05) is 6.92 Å². The van der Waals surface area contributed by atoms with Crippen molar-refractivity contribution in [2.24, 2.45) is 5.10 Å². The van der Waals surface area contributed by atoms with E-state index < -0.39 is 5.97 Å². The van der Waals surface area contributed by atoms with E-state index in [1.165, 1.54) is 10.9 Å². The van der Waals surface area contributed by atoms with E-state index in [-0.39, 0.29) is 17.1 Å². The van der Waals surface area contributed by atoms with Crippen molar-refractivity contribution in [1.29, 1.82) is 0 Å². The topological polar surface area (TPSA) is 82.8 Å². The van der Waals surface area contributed by atoms with Crippen LogP contribution < -0.4 is 15.0 Å². The lowest BCUT2D eigenvalue weighted by atomic mass is 10.2. The Morgan fingerprint density at radius 2 is 1.68 bits per heavy atom. The zero-order valence-electron chi connectivity index (χ0n) is 21.0. The Kier molecular flexibility index (Phi) is 8.16. The molecule has 7 nitrogen and oxygen atoms in total. The van der Waals surface area contributed by atoms with Gasteiger partial charge in [-0.15, -0.1) is 0 Å². The first-order chi connectivity index (χ1) is 19.3. The largest absolute Gasteiger partial charge is 0.490 e. The summed E-state index contributed by atoms with van der Waals surface area (Å²) < 4.78 is 12.5. The molecule has 10 heteroatoms. The second kappa shape index (κ2) is 11.9. The van der Waals surface area contributed by atoms with Gasteiger partial charge in [-0.3, -0.25) is 4.79 Å². The van der Waals surface area contributed by atoms with E-state index in [9.17, 15) is 9.59 Å². The first kappa shape index (κ1) is 27.4. The zero-order chi connectivity index (χ0) is 28.2. The van der Waals surface area contributed by atoms with Crippen LogP contribution in [0.1, 0.15) is 22.8 Å². The molecule has 0 aliphatic heterocycles. The number of ether oxygens (including phenoxy) is 2. The lowest BCUT2D eigenvalue weighted by Crippen LogP contribution is -2.20. The Balaban J connectivity index is 1.53. The number of nitrogens with zero attached hydrogens (tertiary/aromatic N) is 3. The number of halogens is 3. The maximum atomic E-state index is 13.5. The summed E-state index contributed by atoms with van der Waals surface area (Å²) >= 11 is 18.5. The van der Waals surface area contributed by atoms with Crippen LogP contribution in [0.15, 0.2) is 94.8 Å². The van der Waals surface area contributed by atoms with Gasteiger partial charge >= 0.3 is 5.97 Å². The van der Waals surface area contributed by atoms with E-state index in [1.54, 1.807) is 84.9 Å². The van der Waals surface area contributed by atoms with Crippen LogP contribution in [0.3, 0.4) is 0 Å². The predicted molar refractivity (Wildman–Crippen MR) is 158 cm³/mol. The highest BCUT2D eigenvalue weighted by molar-refractivity contribution is 6.36. The van der Waals surface area contributed by atoms with Crippen molar-refractivity contribution < 1.29 is 14.3 Å². The number of hydrogen-bond donors (Lipinski definition) is 0. The zero-order valence-corrected chi connectivity index (χ0v) is 23.2. The number of hydrogen-bond acceptors (Lipinski definition) is 6. The van der Waals surface area contributed by atoms with Crippen molar-refractivity contribution in [3.63, 3.8) is 0 Å². The third-order valence-electron chi connectivity index (χ3n) is 5.80. The number of rotatable bonds is 7. The quantitative estimate of drug-likeness (QED) is 0.111. The minimum atomic E-state index is -0.558. The van der Waals surface area contributed by atoms with Gasteiger partial charge in [0.25, 0.3) is 5.56 Å². The van der Waals surface area contributed by atoms with Gasteiger partial charge in [0.15, 0.2) is 17.3 Å². The molecule has 1 aromatic heterocycles. The molecule has 4 aromatic carbocycles. The molecule has 0 fully saturated rings. The first-order valence-electron chi connectivity index (χ1n) is 12.1. The first-order valence-corrected chi connectivity index (χ1v) is 13.2. The van der Waals surface area contributed by atoms with Crippen molar-refractivity contribution in [3.05, 3.63) is 121 Å². The van der Waals surface area contributed by atoms with E-state index >= 15 is 0 Å². The number of benzene rings is 4. The smallest absolute Gasteiger partial charge is 0.343 e. The Morgan fingerprint density at radius 1 is 0.925 bits per heavy atom.